The highest BCUT2D eigenvalue weighted by molar-refractivity contribution is 5.91. The number of allylic oxidation sites excluding steroid dienone is 1. The van der Waals surface area contributed by atoms with E-state index in [-0.39, 0.29) is 5.97 Å². The van der Waals surface area contributed by atoms with Gasteiger partial charge in [-0.25, -0.2) is 9.37 Å². The maximum Gasteiger partial charge on any atom is 0.354 e. The zero-order valence-electron chi connectivity index (χ0n) is 9.57. The van der Waals surface area contributed by atoms with E-state index in [9.17, 15) is 4.79 Å². The summed E-state index contributed by atoms with van der Waals surface area (Å²) < 4.78 is 6.77. The molecule has 0 aliphatic heterocycles. The predicted molar refractivity (Wildman–Crippen MR) is 56.6 cm³/mol. The van der Waals surface area contributed by atoms with Gasteiger partial charge in [-0.05, 0) is 6.92 Å². The fraction of sp³-hybridized carbons (Fsp3) is 0.600. The van der Waals surface area contributed by atoms with Crippen LogP contribution in [0.3, 0.4) is 0 Å². The Labute approximate surface area is 85.5 Å². The van der Waals surface area contributed by atoms with Crippen LogP contribution in [-0.2, 0) is 9.53 Å². The molecule has 4 nitrogen and oxygen atoms in total. The molecule has 0 amide bonds. The van der Waals surface area contributed by atoms with Gasteiger partial charge in [-0.2, -0.15) is 0 Å². The number of esters is 1. The lowest BCUT2D eigenvalue weighted by Gasteiger charge is -2.14. The van der Waals surface area contributed by atoms with Crippen molar-refractivity contribution >= 4 is 12.2 Å². The van der Waals surface area contributed by atoms with Gasteiger partial charge in [0.15, 0.2) is 6.21 Å². The quantitative estimate of drug-likeness (QED) is 0.283. The van der Waals surface area contributed by atoms with Gasteiger partial charge in [-0.3, -0.25) is 0 Å². The zero-order valence-corrected chi connectivity index (χ0v) is 9.57. The van der Waals surface area contributed by atoms with E-state index in [0.29, 0.717) is 12.3 Å². The predicted octanol–water partition coefficient (Wildman–Crippen LogP) is 0.338. The summed E-state index contributed by atoms with van der Waals surface area (Å²) in [4.78, 5) is 13.2. The average Bonchev–Trinajstić information content (AvgIpc) is 2.03. The Hall–Kier alpha value is -1.32. The molecule has 0 radical (unpaired) electrons. The van der Waals surface area contributed by atoms with Crippen LogP contribution in [0.25, 0.3) is 0 Å². The summed E-state index contributed by atoms with van der Waals surface area (Å²) in [5, 5.41) is 0. The first-order chi connectivity index (χ1) is 6.49. The summed E-state index contributed by atoms with van der Waals surface area (Å²) in [5.41, 5.74) is 0.542. The molecule has 80 valence electrons. The summed E-state index contributed by atoms with van der Waals surface area (Å²) in [5.74, 6) is -0.296. The molecule has 0 saturated carbocycles. The second kappa shape index (κ2) is 6.18. The third-order valence-corrected chi connectivity index (χ3v) is 1.50. The Bertz CT molecular complexity index is 251. The highest BCUT2D eigenvalue weighted by Gasteiger charge is 2.11. The third kappa shape index (κ3) is 4.64. The van der Waals surface area contributed by atoms with Crippen molar-refractivity contribution in [3.8, 4) is 0 Å². The monoisotopic (exact) mass is 199 g/mol. The number of carbonyl (C=O) groups excluding carboxylic acids is 1. The molecule has 0 atom stereocenters. The SMILES string of the molecule is CCOC(=O)C(=CC=[N+](C)C)N(C)C. The van der Waals surface area contributed by atoms with Crippen molar-refractivity contribution in [1.29, 1.82) is 0 Å². The van der Waals surface area contributed by atoms with Gasteiger partial charge in [0.25, 0.3) is 0 Å². The van der Waals surface area contributed by atoms with E-state index in [1.807, 2.05) is 39.0 Å². The van der Waals surface area contributed by atoms with Gasteiger partial charge in [0, 0.05) is 20.2 Å². The Morgan fingerprint density at radius 3 is 2.36 bits per heavy atom. The van der Waals surface area contributed by atoms with Gasteiger partial charge < -0.3 is 9.64 Å². The highest BCUT2D eigenvalue weighted by Crippen LogP contribution is 2.00. The molecule has 0 saturated heterocycles. The molecule has 0 aliphatic rings. The van der Waals surface area contributed by atoms with Crippen LogP contribution < -0.4 is 0 Å². The minimum absolute atomic E-state index is 0.296. The fourth-order valence-electron chi connectivity index (χ4n) is 0.824. The van der Waals surface area contributed by atoms with Crippen LogP contribution in [0, 0.1) is 0 Å². The number of hydrogen-bond acceptors (Lipinski definition) is 3. The molecular formula is C10H19N2O2+. The van der Waals surface area contributed by atoms with Crippen LogP contribution in [0.1, 0.15) is 6.92 Å². The number of rotatable bonds is 4. The summed E-state index contributed by atoms with van der Waals surface area (Å²) >= 11 is 0. The Morgan fingerprint density at radius 2 is 2.00 bits per heavy atom. The van der Waals surface area contributed by atoms with Crippen molar-refractivity contribution in [2.45, 2.75) is 6.92 Å². The van der Waals surface area contributed by atoms with Crippen molar-refractivity contribution in [2.75, 3.05) is 34.8 Å². The van der Waals surface area contributed by atoms with Crippen LogP contribution in [0.2, 0.25) is 0 Å². The maximum absolute atomic E-state index is 11.4. The molecule has 0 aliphatic carbocycles. The number of nitrogens with zero attached hydrogens (tertiary/aromatic N) is 2. The van der Waals surface area contributed by atoms with E-state index in [1.54, 1.807) is 17.9 Å². The number of carbonyl (C=O) groups is 1. The third-order valence-electron chi connectivity index (χ3n) is 1.50. The van der Waals surface area contributed by atoms with Crippen LogP contribution in [0.4, 0.5) is 0 Å². The summed E-state index contributed by atoms with van der Waals surface area (Å²) in [6, 6.07) is 0. The molecule has 0 heterocycles. The number of ether oxygens (including phenoxy) is 1. The molecule has 0 unspecified atom stereocenters. The Kier molecular flexibility index (Phi) is 5.60. The molecule has 0 fully saturated rings. The van der Waals surface area contributed by atoms with E-state index in [2.05, 4.69) is 0 Å². The van der Waals surface area contributed by atoms with Crippen LogP contribution in [0.15, 0.2) is 11.8 Å². The highest BCUT2D eigenvalue weighted by atomic mass is 16.5. The molecule has 14 heavy (non-hydrogen) atoms. The van der Waals surface area contributed by atoms with Gasteiger partial charge in [0.1, 0.15) is 19.8 Å². The topological polar surface area (TPSA) is 32.6 Å². The molecule has 0 spiro atoms. The zero-order chi connectivity index (χ0) is 11.1. The molecule has 4 heteroatoms. The first-order valence-electron chi connectivity index (χ1n) is 4.55. The van der Waals surface area contributed by atoms with E-state index in [1.165, 1.54) is 0 Å². The molecule has 0 aromatic rings. The standard InChI is InChI=1S/C10H19N2O2/c1-6-14-10(13)9(12(4)5)7-8-11(2)3/h7-8H,6H2,1-5H3/q+1. The lowest BCUT2D eigenvalue weighted by molar-refractivity contribution is -0.458. The van der Waals surface area contributed by atoms with E-state index in [0.717, 1.165) is 0 Å². The minimum Gasteiger partial charge on any atom is -0.461 e. The molecule has 0 rings (SSSR count). The summed E-state index contributed by atoms with van der Waals surface area (Å²) in [7, 11) is 7.42. The second-order valence-corrected chi connectivity index (χ2v) is 3.28. The van der Waals surface area contributed by atoms with Gasteiger partial charge in [0.05, 0.1) is 6.61 Å². The largest absolute Gasteiger partial charge is 0.461 e. The van der Waals surface area contributed by atoms with Crippen LogP contribution >= 0.6 is 0 Å². The number of hydrogen-bond donors (Lipinski definition) is 0. The van der Waals surface area contributed by atoms with Crippen molar-refractivity contribution < 1.29 is 14.1 Å². The normalized spacial score (nSPS) is 10.8. The van der Waals surface area contributed by atoms with Crippen molar-refractivity contribution in [3.63, 3.8) is 0 Å². The van der Waals surface area contributed by atoms with Gasteiger partial charge in [-0.1, -0.05) is 0 Å². The van der Waals surface area contributed by atoms with Crippen LogP contribution in [-0.4, -0.2) is 56.5 Å². The Balaban J connectivity index is 4.68. The molecule has 0 aromatic carbocycles. The van der Waals surface area contributed by atoms with E-state index < -0.39 is 0 Å². The summed E-state index contributed by atoms with van der Waals surface area (Å²) in [6.07, 6.45) is 3.55. The minimum atomic E-state index is -0.296. The molecule has 0 N–H and O–H groups in total. The lowest BCUT2D eigenvalue weighted by atomic mass is 10.4. The van der Waals surface area contributed by atoms with E-state index in [4.69, 9.17) is 4.74 Å². The van der Waals surface area contributed by atoms with Crippen molar-refractivity contribution in [3.05, 3.63) is 11.8 Å². The first-order valence-corrected chi connectivity index (χ1v) is 4.55. The van der Waals surface area contributed by atoms with Gasteiger partial charge >= 0.3 is 5.97 Å². The molecular weight excluding hydrogens is 180 g/mol. The molecule has 0 bridgehead atoms. The Morgan fingerprint density at radius 1 is 1.43 bits per heavy atom. The number of likely N-dealkylation sites (N-methyl/N-ethyl adjacent to an activating group) is 1. The molecule has 0 aromatic heterocycles. The van der Waals surface area contributed by atoms with Crippen molar-refractivity contribution in [2.24, 2.45) is 0 Å². The average molecular weight is 199 g/mol. The van der Waals surface area contributed by atoms with Gasteiger partial charge in [-0.15, -0.1) is 0 Å². The van der Waals surface area contributed by atoms with Crippen molar-refractivity contribution in [1.82, 2.24) is 4.90 Å². The lowest BCUT2D eigenvalue weighted by Crippen LogP contribution is -2.22. The summed E-state index contributed by atoms with van der Waals surface area (Å²) in [6.45, 7) is 2.19. The maximum atomic E-state index is 11.4. The van der Waals surface area contributed by atoms with E-state index >= 15 is 0 Å². The van der Waals surface area contributed by atoms with Crippen LogP contribution in [0.5, 0.6) is 0 Å². The first kappa shape index (κ1) is 12.7. The smallest absolute Gasteiger partial charge is 0.354 e. The second-order valence-electron chi connectivity index (χ2n) is 3.28. The van der Waals surface area contributed by atoms with Gasteiger partial charge in [0.2, 0.25) is 0 Å². The fourth-order valence-corrected chi connectivity index (χ4v) is 0.824.